The zero-order valence-corrected chi connectivity index (χ0v) is 24.2. The predicted octanol–water partition coefficient (Wildman–Crippen LogP) is 5.22. The van der Waals surface area contributed by atoms with Crippen LogP contribution in [0.25, 0.3) is 0 Å². The number of benzene rings is 2. The minimum absolute atomic E-state index is 0.0669. The first kappa shape index (κ1) is 28.0. The van der Waals surface area contributed by atoms with Crippen molar-refractivity contribution in [3.8, 4) is 11.8 Å². The summed E-state index contributed by atoms with van der Waals surface area (Å²) < 4.78 is 0.683. The lowest BCUT2D eigenvalue weighted by molar-refractivity contribution is 0.0785. The number of rotatable bonds is 11. The molecule has 0 aliphatic heterocycles. The van der Waals surface area contributed by atoms with Crippen LogP contribution in [0.1, 0.15) is 56.2 Å². The molecule has 1 unspecified atom stereocenters. The minimum Gasteiger partial charge on any atom is -0.349 e. The van der Waals surface area contributed by atoms with E-state index in [0.29, 0.717) is 34.6 Å². The molecule has 6 nitrogen and oxygen atoms in total. The summed E-state index contributed by atoms with van der Waals surface area (Å²) in [4.78, 5) is 32.6. The summed E-state index contributed by atoms with van der Waals surface area (Å²) in [6, 6.07) is 15.3. The fraction of sp³-hybridized carbons (Fsp3) is 0.367. The Morgan fingerprint density at radius 1 is 1.18 bits per heavy atom. The summed E-state index contributed by atoms with van der Waals surface area (Å²) >= 11 is 5.02. The number of amides is 2. The molecule has 38 heavy (non-hydrogen) atoms. The van der Waals surface area contributed by atoms with Gasteiger partial charge in [0.1, 0.15) is 5.01 Å². The molecule has 8 heteroatoms. The average Bonchev–Trinajstić information content (AvgIpc) is 3.64. The molecule has 1 aliphatic carbocycles. The van der Waals surface area contributed by atoms with Gasteiger partial charge >= 0.3 is 0 Å². The molecule has 2 amide bonds. The highest BCUT2D eigenvalue weighted by Crippen LogP contribution is 2.27. The van der Waals surface area contributed by atoms with Crippen LogP contribution in [0.4, 0.5) is 0 Å². The second-order valence-corrected chi connectivity index (χ2v) is 11.6. The first-order valence-electron chi connectivity index (χ1n) is 12.9. The van der Waals surface area contributed by atoms with Crippen LogP contribution in [-0.2, 0) is 13.0 Å². The maximum absolute atomic E-state index is 13.3. The number of aryl methyl sites for hydroxylation is 1. The van der Waals surface area contributed by atoms with Crippen molar-refractivity contribution < 1.29 is 9.59 Å². The minimum atomic E-state index is -0.201. The lowest BCUT2D eigenvalue weighted by atomic mass is 10.0. The number of carbonyl (C=O) groups is 2. The Kier molecular flexibility index (Phi) is 10.1. The number of carbonyl (C=O) groups excluding carboxylic acids is 2. The summed E-state index contributed by atoms with van der Waals surface area (Å²) in [5.74, 6) is 6.69. The van der Waals surface area contributed by atoms with E-state index >= 15 is 0 Å². The van der Waals surface area contributed by atoms with Crippen molar-refractivity contribution in [3.05, 3.63) is 85.8 Å². The summed E-state index contributed by atoms with van der Waals surface area (Å²) in [6.45, 7) is 3.77. The van der Waals surface area contributed by atoms with Gasteiger partial charge in [-0.3, -0.25) is 9.59 Å². The molecule has 4 rings (SSSR count). The third kappa shape index (κ3) is 8.80. The maximum Gasteiger partial charge on any atom is 0.254 e. The summed E-state index contributed by atoms with van der Waals surface area (Å²) in [5.41, 5.74) is 3.01. The molecule has 0 saturated heterocycles. The van der Waals surface area contributed by atoms with E-state index < -0.39 is 0 Å². The van der Waals surface area contributed by atoms with Crippen LogP contribution in [0.5, 0.6) is 0 Å². The Morgan fingerprint density at radius 2 is 1.95 bits per heavy atom. The lowest BCUT2D eigenvalue weighted by Crippen LogP contribution is -2.38. The van der Waals surface area contributed by atoms with Crippen molar-refractivity contribution in [1.82, 2.24) is 20.5 Å². The Bertz CT molecular complexity index is 1310. The number of halogens is 1. The average molecular weight is 594 g/mol. The standard InChI is InChI=1S/C30H33BrN4O2S/c1-21-20-38-28(33-21)19-35(2)30(37)25-16-24(17-26(31)18-25)29(36)34-27(15-23-7-4-3-5-8-23)12-14-32-13-6-9-22-10-11-22/h3-5,7-8,16-18,20,22,27,32H,10-15,19H2,1-2H3,(H,34,36). The van der Waals surface area contributed by atoms with Gasteiger partial charge in [0, 0.05) is 45.7 Å². The molecule has 198 valence electrons. The number of thiazole rings is 1. The van der Waals surface area contributed by atoms with Gasteiger partial charge in [0.15, 0.2) is 0 Å². The molecule has 1 heterocycles. The molecule has 1 atom stereocenters. The molecular weight excluding hydrogens is 560 g/mol. The molecule has 2 aromatic carbocycles. The second-order valence-electron chi connectivity index (χ2n) is 9.69. The van der Waals surface area contributed by atoms with Crippen LogP contribution in [0.3, 0.4) is 0 Å². The van der Waals surface area contributed by atoms with Crippen molar-refractivity contribution >= 4 is 39.1 Å². The molecule has 1 saturated carbocycles. The van der Waals surface area contributed by atoms with E-state index in [0.717, 1.165) is 35.7 Å². The van der Waals surface area contributed by atoms with Crippen LogP contribution in [0.15, 0.2) is 58.4 Å². The van der Waals surface area contributed by atoms with Crippen molar-refractivity contribution in [1.29, 1.82) is 0 Å². The zero-order valence-electron chi connectivity index (χ0n) is 21.8. The van der Waals surface area contributed by atoms with Gasteiger partial charge < -0.3 is 15.5 Å². The lowest BCUT2D eigenvalue weighted by Gasteiger charge is -2.20. The summed E-state index contributed by atoms with van der Waals surface area (Å²) in [7, 11) is 1.75. The van der Waals surface area contributed by atoms with Gasteiger partial charge in [-0.2, -0.15) is 0 Å². The predicted molar refractivity (Wildman–Crippen MR) is 156 cm³/mol. The molecule has 0 spiro atoms. The van der Waals surface area contributed by atoms with Gasteiger partial charge in [0.05, 0.1) is 13.1 Å². The van der Waals surface area contributed by atoms with E-state index in [1.54, 1.807) is 30.1 Å². The topological polar surface area (TPSA) is 74.3 Å². The Balaban J connectivity index is 1.40. The molecule has 0 radical (unpaired) electrons. The highest BCUT2D eigenvalue weighted by Gasteiger charge is 2.20. The van der Waals surface area contributed by atoms with Gasteiger partial charge in [-0.15, -0.1) is 11.3 Å². The van der Waals surface area contributed by atoms with Gasteiger partial charge in [0.25, 0.3) is 11.8 Å². The first-order valence-corrected chi connectivity index (χ1v) is 14.6. The van der Waals surface area contributed by atoms with Crippen LogP contribution in [0, 0.1) is 24.7 Å². The normalized spacial score (nSPS) is 13.3. The molecule has 1 fully saturated rings. The smallest absolute Gasteiger partial charge is 0.254 e. The highest BCUT2D eigenvalue weighted by molar-refractivity contribution is 9.10. The Labute approximate surface area is 237 Å². The SMILES string of the molecule is Cc1csc(CN(C)C(=O)c2cc(Br)cc(C(=O)NC(CCNCC#CC3CC3)Cc3ccccc3)c2)n1. The van der Waals surface area contributed by atoms with Crippen molar-refractivity contribution in [3.63, 3.8) is 0 Å². The van der Waals surface area contributed by atoms with E-state index in [1.165, 1.54) is 24.2 Å². The third-order valence-electron chi connectivity index (χ3n) is 6.22. The number of nitrogens with zero attached hydrogens (tertiary/aromatic N) is 2. The van der Waals surface area contributed by atoms with Gasteiger partial charge in [0.2, 0.25) is 0 Å². The number of nitrogens with one attached hydrogen (secondary N) is 2. The fourth-order valence-electron chi connectivity index (χ4n) is 4.06. The van der Waals surface area contributed by atoms with Gasteiger partial charge in [-0.05, 0) is 62.9 Å². The molecule has 0 bridgehead atoms. The highest BCUT2D eigenvalue weighted by atomic mass is 79.9. The van der Waals surface area contributed by atoms with Gasteiger partial charge in [-0.25, -0.2) is 4.98 Å². The van der Waals surface area contributed by atoms with E-state index in [4.69, 9.17) is 0 Å². The number of hydrogen-bond acceptors (Lipinski definition) is 5. The molecule has 2 N–H and O–H groups in total. The molecule has 1 aliphatic rings. The molecule has 3 aromatic rings. The summed E-state index contributed by atoms with van der Waals surface area (Å²) in [5, 5.41) is 9.42. The Hall–Kier alpha value is -2.99. The molecular formula is C30H33BrN4O2S. The Morgan fingerprint density at radius 3 is 2.66 bits per heavy atom. The van der Waals surface area contributed by atoms with E-state index in [2.05, 4.69) is 55.5 Å². The van der Waals surface area contributed by atoms with E-state index in [1.807, 2.05) is 30.5 Å². The number of hydrogen-bond donors (Lipinski definition) is 2. The van der Waals surface area contributed by atoms with Gasteiger partial charge in [-0.1, -0.05) is 58.1 Å². The maximum atomic E-state index is 13.3. The quantitative estimate of drug-likeness (QED) is 0.236. The van der Waals surface area contributed by atoms with Crippen molar-refractivity contribution in [2.24, 2.45) is 5.92 Å². The monoisotopic (exact) mass is 592 g/mol. The second kappa shape index (κ2) is 13.7. The number of aromatic nitrogens is 1. The van der Waals surface area contributed by atoms with Crippen LogP contribution in [-0.4, -0.2) is 47.9 Å². The van der Waals surface area contributed by atoms with Crippen LogP contribution < -0.4 is 10.6 Å². The van der Waals surface area contributed by atoms with Crippen LogP contribution >= 0.6 is 27.3 Å². The zero-order chi connectivity index (χ0) is 26.9. The fourth-order valence-corrected chi connectivity index (χ4v) is 5.37. The largest absolute Gasteiger partial charge is 0.349 e. The first-order chi connectivity index (χ1) is 18.4. The summed E-state index contributed by atoms with van der Waals surface area (Å²) in [6.07, 6.45) is 3.94. The van der Waals surface area contributed by atoms with Crippen LogP contribution in [0.2, 0.25) is 0 Å². The van der Waals surface area contributed by atoms with E-state index in [9.17, 15) is 9.59 Å². The molecule has 1 aromatic heterocycles. The third-order valence-corrected chi connectivity index (χ3v) is 7.63. The van der Waals surface area contributed by atoms with Crippen molar-refractivity contribution in [2.45, 2.75) is 45.2 Å². The van der Waals surface area contributed by atoms with Crippen molar-refractivity contribution in [2.75, 3.05) is 20.1 Å². The van der Waals surface area contributed by atoms with E-state index in [-0.39, 0.29) is 17.9 Å².